The summed E-state index contributed by atoms with van der Waals surface area (Å²) in [5, 5.41) is 0. The summed E-state index contributed by atoms with van der Waals surface area (Å²) in [5.41, 5.74) is 0.451. The number of halogens is 5. The Morgan fingerprint density at radius 2 is 1.75 bits per heavy atom. The van der Waals surface area contributed by atoms with Crippen LogP contribution in [-0.2, 0) is 6.42 Å². The fraction of sp³-hybridized carbons (Fsp3) is 0.0714. The summed E-state index contributed by atoms with van der Waals surface area (Å²) in [7, 11) is 0. The van der Waals surface area contributed by atoms with Crippen molar-refractivity contribution in [3.8, 4) is 0 Å². The van der Waals surface area contributed by atoms with Crippen LogP contribution in [0.25, 0.3) is 0 Å². The summed E-state index contributed by atoms with van der Waals surface area (Å²) in [5.74, 6) is -3.07. The maximum absolute atomic E-state index is 13.4. The van der Waals surface area contributed by atoms with E-state index in [0.717, 1.165) is 6.07 Å². The van der Waals surface area contributed by atoms with Crippen LogP contribution < -0.4 is 0 Å². The standard InChI is InChI=1S/C14H7Br2F3O/c15-10-3-1-8(17)5-7(10)6-12(20)9-2-4-11(18)14(19)13(9)16/h1-5H,6H2. The van der Waals surface area contributed by atoms with Crippen molar-refractivity contribution in [2.24, 2.45) is 0 Å². The van der Waals surface area contributed by atoms with E-state index in [0.29, 0.717) is 10.0 Å². The number of hydrogen-bond donors (Lipinski definition) is 0. The third-order valence-electron chi connectivity index (χ3n) is 2.69. The average Bonchev–Trinajstić information content (AvgIpc) is 2.40. The van der Waals surface area contributed by atoms with Crippen molar-refractivity contribution < 1.29 is 18.0 Å². The van der Waals surface area contributed by atoms with Gasteiger partial charge in [-0.3, -0.25) is 4.79 Å². The Labute approximate surface area is 130 Å². The predicted molar refractivity (Wildman–Crippen MR) is 76.2 cm³/mol. The lowest BCUT2D eigenvalue weighted by Gasteiger charge is -2.07. The third-order valence-corrected chi connectivity index (χ3v) is 4.24. The summed E-state index contributed by atoms with van der Waals surface area (Å²) in [6, 6.07) is 6.03. The molecule has 20 heavy (non-hydrogen) atoms. The first-order valence-corrected chi connectivity index (χ1v) is 7.09. The Morgan fingerprint density at radius 3 is 2.45 bits per heavy atom. The first-order chi connectivity index (χ1) is 9.40. The van der Waals surface area contributed by atoms with Gasteiger partial charge in [-0.15, -0.1) is 0 Å². The molecule has 2 aromatic carbocycles. The minimum atomic E-state index is -1.12. The van der Waals surface area contributed by atoms with Gasteiger partial charge in [-0.25, -0.2) is 13.2 Å². The summed E-state index contributed by atoms with van der Waals surface area (Å²) in [6.07, 6.45) is -0.123. The number of Topliss-reactive ketones (excluding diaryl/α,β-unsaturated/α-hetero) is 1. The highest BCUT2D eigenvalue weighted by atomic mass is 79.9. The van der Waals surface area contributed by atoms with E-state index in [1.807, 2.05) is 0 Å². The van der Waals surface area contributed by atoms with Gasteiger partial charge in [0.25, 0.3) is 0 Å². The molecule has 0 saturated heterocycles. The number of ketones is 1. The van der Waals surface area contributed by atoms with Gasteiger partial charge < -0.3 is 0 Å². The van der Waals surface area contributed by atoms with Crippen molar-refractivity contribution in [1.82, 2.24) is 0 Å². The van der Waals surface area contributed by atoms with Gasteiger partial charge in [-0.05, 0) is 51.8 Å². The average molecular weight is 408 g/mol. The highest BCUT2D eigenvalue weighted by molar-refractivity contribution is 9.10. The topological polar surface area (TPSA) is 17.1 Å². The summed E-state index contributed by atoms with van der Waals surface area (Å²) >= 11 is 6.07. The highest BCUT2D eigenvalue weighted by Crippen LogP contribution is 2.26. The largest absolute Gasteiger partial charge is 0.294 e. The maximum Gasteiger partial charge on any atom is 0.173 e. The van der Waals surface area contributed by atoms with Crippen LogP contribution in [0, 0.1) is 17.5 Å². The molecular formula is C14H7Br2F3O. The lowest BCUT2D eigenvalue weighted by atomic mass is 10.0. The lowest BCUT2D eigenvalue weighted by molar-refractivity contribution is 0.0991. The summed E-state index contributed by atoms with van der Waals surface area (Å²) < 4.78 is 39.9. The molecular weight excluding hydrogens is 401 g/mol. The van der Waals surface area contributed by atoms with Crippen LogP contribution in [0.15, 0.2) is 39.3 Å². The van der Waals surface area contributed by atoms with Crippen LogP contribution in [0.2, 0.25) is 0 Å². The van der Waals surface area contributed by atoms with E-state index in [-0.39, 0.29) is 16.5 Å². The van der Waals surface area contributed by atoms with E-state index in [9.17, 15) is 18.0 Å². The molecule has 0 radical (unpaired) electrons. The Hall–Kier alpha value is -1.14. The third kappa shape index (κ3) is 3.12. The monoisotopic (exact) mass is 406 g/mol. The molecule has 104 valence electrons. The van der Waals surface area contributed by atoms with Crippen molar-refractivity contribution in [3.63, 3.8) is 0 Å². The smallest absolute Gasteiger partial charge is 0.173 e. The normalized spacial score (nSPS) is 10.7. The first-order valence-electron chi connectivity index (χ1n) is 5.50. The molecule has 0 N–H and O–H groups in total. The zero-order chi connectivity index (χ0) is 14.9. The van der Waals surface area contributed by atoms with Crippen molar-refractivity contribution in [1.29, 1.82) is 0 Å². The molecule has 0 aliphatic rings. The zero-order valence-corrected chi connectivity index (χ0v) is 13.1. The Bertz CT molecular complexity index is 686. The SMILES string of the molecule is O=C(Cc1cc(F)ccc1Br)c1ccc(F)c(F)c1Br. The molecule has 0 amide bonds. The summed E-state index contributed by atoms with van der Waals surface area (Å²) in [4.78, 5) is 12.1. The van der Waals surface area contributed by atoms with Crippen molar-refractivity contribution in [3.05, 3.63) is 67.9 Å². The van der Waals surface area contributed by atoms with Crippen molar-refractivity contribution in [2.75, 3.05) is 0 Å². The quantitative estimate of drug-likeness (QED) is 0.513. The molecule has 0 unspecified atom stereocenters. The minimum absolute atomic E-state index is 0.0139. The zero-order valence-electron chi connectivity index (χ0n) is 9.89. The number of hydrogen-bond acceptors (Lipinski definition) is 1. The van der Waals surface area contributed by atoms with E-state index >= 15 is 0 Å². The second kappa shape index (κ2) is 6.10. The predicted octanol–water partition coefficient (Wildman–Crippen LogP) is 5.05. The van der Waals surface area contributed by atoms with Gasteiger partial charge in [0.1, 0.15) is 5.82 Å². The van der Waals surface area contributed by atoms with Crippen LogP contribution >= 0.6 is 31.9 Å². The molecule has 0 aromatic heterocycles. The first kappa shape index (κ1) is 15.3. The molecule has 0 aliphatic heterocycles. The van der Waals surface area contributed by atoms with E-state index in [2.05, 4.69) is 31.9 Å². The van der Waals surface area contributed by atoms with E-state index in [1.54, 1.807) is 0 Å². The van der Waals surface area contributed by atoms with Crippen LogP contribution in [0.4, 0.5) is 13.2 Å². The van der Waals surface area contributed by atoms with E-state index < -0.39 is 23.2 Å². The van der Waals surface area contributed by atoms with Crippen LogP contribution in [-0.4, -0.2) is 5.78 Å². The van der Waals surface area contributed by atoms with Crippen LogP contribution in [0.5, 0.6) is 0 Å². The van der Waals surface area contributed by atoms with Gasteiger partial charge in [0, 0.05) is 16.5 Å². The minimum Gasteiger partial charge on any atom is -0.294 e. The van der Waals surface area contributed by atoms with Crippen LogP contribution in [0.1, 0.15) is 15.9 Å². The lowest BCUT2D eigenvalue weighted by Crippen LogP contribution is -2.07. The fourth-order valence-electron chi connectivity index (χ4n) is 1.69. The number of rotatable bonds is 3. The van der Waals surface area contributed by atoms with Gasteiger partial charge in [0.2, 0.25) is 0 Å². The Morgan fingerprint density at radius 1 is 1.05 bits per heavy atom. The highest BCUT2D eigenvalue weighted by Gasteiger charge is 2.18. The molecule has 6 heteroatoms. The molecule has 0 saturated carbocycles. The molecule has 2 aromatic rings. The Balaban J connectivity index is 2.33. The molecule has 0 bridgehead atoms. The van der Waals surface area contributed by atoms with Gasteiger partial charge in [-0.2, -0.15) is 0 Å². The Kier molecular flexibility index (Phi) is 4.65. The number of carbonyl (C=O) groups is 1. The van der Waals surface area contributed by atoms with Gasteiger partial charge in [0.05, 0.1) is 4.47 Å². The molecule has 0 fully saturated rings. The van der Waals surface area contributed by atoms with Gasteiger partial charge in [0.15, 0.2) is 17.4 Å². The van der Waals surface area contributed by atoms with Crippen molar-refractivity contribution in [2.45, 2.75) is 6.42 Å². The van der Waals surface area contributed by atoms with Crippen molar-refractivity contribution >= 4 is 37.6 Å². The molecule has 0 atom stereocenters. The number of benzene rings is 2. The van der Waals surface area contributed by atoms with E-state index in [1.165, 1.54) is 24.3 Å². The van der Waals surface area contributed by atoms with Gasteiger partial charge >= 0.3 is 0 Å². The molecule has 1 nitrogen and oxygen atoms in total. The second-order valence-electron chi connectivity index (χ2n) is 4.06. The molecule has 2 rings (SSSR count). The summed E-state index contributed by atoms with van der Waals surface area (Å²) in [6.45, 7) is 0. The second-order valence-corrected chi connectivity index (χ2v) is 5.71. The molecule has 0 spiro atoms. The van der Waals surface area contributed by atoms with Crippen LogP contribution in [0.3, 0.4) is 0 Å². The fourth-order valence-corrected chi connectivity index (χ4v) is 2.62. The van der Waals surface area contributed by atoms with E-state index in [4.69, 9.17) is 0 Å². The van der Waals surface area contributed by atoms with Gasteiger partial charge in [-0.1, -0.05) is 15.9 Å². The molecule has 0 heterocycles. The maximum atomic E-state index is 13.4. The molecule has 0 aliphatic carbocycles. The number of carbonyl (C=O) groups excluding carboxylic acids is 1.